The fourth-order valence-corrected chi connectivity index (χ4v) is 1.82. The van der Waals surface area contributed by atoms with Gasteiger partial charge in [0.25, 0.3) is 0 Å². The van der Waals surface area contributed by atoms with Crippen LogP contribution < -0.4 is 4.74 Å². The Morgan fingerprint density at radius 3 is 2.78 bits per heavy atom. The van der Waals surface area contributed by atoms with Crippen LogP contribution in [0.1, 0.15) is 29.4 Å². The van der Waals surface area contributed by atoms with E-state index in [4.69, 9.17) is 4.74 Å². The summed E-state index contributed by atoms with van der Waals surface area (Å²) in [6, 6.07) is 5.47. The number of aromatic nitrogens is 2. The average molecular weight is 244 g/mol. The summed E-state index contributed by atoms with van der Waals surface area (Å²) < 4.78 is 7.23. The highest BCUT2D eigenvalue weighted by molar-refractivity contribution is 5.96. The molecular formula is C14H16N2O2. The lowest BCUT2D eigenvalue weighted by atomic mass is 10.1. The molecule has 0 aliphatic carbocycles. The second-order valence-corrected chi connectivity index (χ2v) is 4.09. The van der Waals surface area contributed by atoms with E-state index in [-0.39, 0.29) is 5.78 Å². The number of hydrogen-bond donors (Lipinski definition) is 0. The quantitative estimate of drug-likeness (QED) is 0.777. The Labute approximate surface area is 106 Å². The van der Waals surface area contributed by atoms with Crippen molar-refractivity contribution in [3.63, 3.8) is 0 Å². The molecule has 4 nitrogen and oxygen atoms in total. The summed E-state index contributed by atoms with van der Waals surface area (Å²) in [5, 5.41) is 0. The molecule has 94 valence electrons. The van der Waals surface area contributed by atoms with Gasteiger partial charge in [-0.2, -0.15) is 0 Å². The maximum Gasteiger partial charge on any atom is 0.162 e. The van der Waals surface area contributed by atoms with Crippen LogP contribution >= 0.6 is 0 Å². The summed E-state index contributed by atoms with van der Waals surface area (Å²) in [7, 11) is 1.60. The zero-order valence-electron chi connectivity index (χ0n) is 10.8. The van der Waals surface area contributed by atoms with E-state index >= 15 is 0 Å². The molecule has 0 unspecified atom stereocenters. The molecule has 0 bridgehead atoms. The van der Waals surface area contributed by atoms with Crippen molar-refractivity contribution in [2.75, 3.05) is 7.11 Å². The number of Topliss-reactive ketones (excluding diaryl/α,β-unsaturated/α-hetero) is 1. The molecule has 0 aliphatic rings. The van der Waals surface area contributed by atoms with E-state index in [0.717, 1.165) is 11.4 Å². The average Bonchev–Trinajstić information content (AvgIpc) is 2.83. The molecular weight excluding hydrogens is 228 g/mol. The van der Waals surface area contributed by atoms with Gasteiger partial charge in [0.1, 0.15) is 5.75 Å². The number of hydrogen-bond acceptors (Lipinski definition) is 3. The molecule has 0 atom stereocenters. The van der Waals surface area contributed by atoms with E-state index in [1.165, 1.54) is 0 Å². The van der Waals surface area contributed by atoms with E-state index in [2.05, 4.69) is 4.98 Å². The molecule has 18 heavy (non-hydrogen) atoms. The van der Waals surface area contributed by atoms with Crippen molar-refractivity contribution >= 4 is 5.78 Å². The second kappa shape index (κ2) is 5.04. The Morgan fingerprint density at radius 1 is 1.44 bits per heavy atom. The number of ketones is 1. The minimum Gasteiger partial charge on any atom is -0.495 e. The number of rotatable bonds is 4. The largest absolute Gasteiger partial charge is 0.495 e. The van der Waals surface area contributed by atoms with Crippen molar-refractivity contribution in [1.82, 2.24) is 9.55 Å². The lowest BCUT2D eigenvalue weighted by Crippen LogP contribution is -2.01. The zero-order valence-corrected chi connectivity index (χ0v) is 10.8. The van der Waals surface area contributed by atoms with Gasteiger partial charge in [-0.25, -0.2) is 4.98 Å². The minimum atomic E-state index is 0.113. The Morgan fingerprint density at radius 2 is 2.22 bits per heavy atom. The smallest absolute Gasteiger partial charge is 0.162 e. The van der Waals surface area contributed by atoms with E-state index in [0.29, 0.717) is 17.7 Å². The number of methoxy groups -OCH3 is 1. The topological polar surface area (TPSA) is 44.1 Å². The number of nitrogens with zero attached hydrogens (tertiary/aromatic N) is 2. The summed E-state index contributed by atoms with van der Waals surface area (Å²) >= 11 is 0. The highest BCUT2D eigenvalue weighted by atomic mass is 16.5. The summed E-state index contributed by atoms with van der Waals surface area (Å²) in [4.78, 5) is 15.8. The van der Waals surface area contributed by atoms with Crippen LogP contribution in [0.25, 0.3) is 5.69 Å². The molecule has 1 heterocycles. The van der Waals surface area contributed by atoms with E-state index < -0.39 is 0 Å². The highest BCUT2D eigenvalue weighted by Crippen LogP contribution is 2.25. The molecule has 0 aliphatic heterocycles. The molecule has 2 aromatic rings. The molecule has 0 amide bonds. The molecule has 0 saturated heterocycles. The standard InChI is InChI=1S/C14H16N2O2/c1-4-13(17)11-5-6-12(14(7-11)18-3)16-8-10(2)15-9-16/h5-9H,4H2,1-3H3. The predicted molar refractivity (Wildman–Crippen MR) is 69.5 cm³/mol. The van der Waals surface area contributed by atoms with Crippen LogP contribution in [0.3, 0.4) is 0 Å². The lowest BCUT2D eigenvalue weighted by Gasteiger charge is -2.10. The number of carbonyl (C=O) groups excluding carboxylic acids is 1. The van der Waals surface area contributed by atoms with Gasteiger partial charge >= 0.3 is 0 Å². The van der Waals surface area contributed by atoms with Crippen molar-refractivity contribution in [1.29, 1.82) is 0 Å². The van der Waals surface area contributed by atoms with Crippen LogP contribution in [0.15, 0.2) is 30.7 Å². The maximum atomic E-state index is 11.7. The third-order valence-corrected chi connectivity index (χ3v) is 2.81. The lowest BCUT2D eigenvalue weighted by molar-refractivity contribution is 0.0988. The molecule has 0 radical (unpaired) electrons. The van der Waals surface area contributed by atoms with Gasteiger partial charge in [0.05, 0.1) is 24.8 Å². The number of imidazole rings is 1. The second-order valence-electron chi connectivity index (χ2n) is 4.09. The van der Waals surface area contributed by atoms with E-state index in [9.17, 15) is 4.79 Å². The van der Waals surface area contributed by atoms with Gasteiger partial charge in [0.2, 0.25) is 0 Å². The molecule has 0 spiro atoms. The van der Waals surface area contributed by atoms with Gasteiger partial charge in [-0.1, -0.05) is 6.92 Å². The third kappa shape index (κ3) is 2.27. The number of ether oxygens (including phenoxy) is 1. The van der Waals surface area contributed by atoms with E-state index in [1.54, 1.807) is 19.5 Å². The molecule has 1 aromatic carbocycles. The van der Waals surface area contributed by atoms with Crippen LogP contribution in [-0.4, -0.2) is 22.4 Å². The van der Waals surface area contributed by atoms with Crippen molar-refractivity contribution in [3.8, 4) is 11.4 Å². The van der Waals surface area contributed by atoms with Crippen molar-refractivity contribution in [3.05, 3.63) is 42.0 Å². The van der Waals surface area contributed by atoms with Crippen LogP contribution in [0.2, 0.25) is 0 Å². The first-order chi connectivity index (χ1) is 8.65. The summed E-state index contributed by atoms with van der Waals surface area (Å²) in [6.07, 6.45) is 4.14. The molecule has 2 rings (SSSR count). The van der Waals surface area contributed by atoms with Crippen LogP contribution in [0.5, 0.6) is 5.75 Å². The molecule has 1 aromatic heterocycles. The molecule has 0 saturated carbocycles. The van der Waals surface area contributed by atoms with Crippen LogP contribution in [0, 0.1) is 6.92 Å². The number of carbonyl (C=O) groups is 1. The summed E-state index contributed by atoms with van der Waals surface area (Å²) in [5.41, 5.74) is 2.49. The first kappa shape index (κ1) is 12.4. The fourth-order valence-electron chi connectivity index (χ4n) is 1.82. The van der Waals surface area contributed by atoms with Gasteiger partial charge in [0.15, 0.2) is 5.78 Å². The zero-order chi connectivity index (χ0) is 13.1. The van der Waals surface area contributed by atoms with Crippen LogP contribution in [0.4, 0.5) is 0 Å². The van der Waals surface area contributed by atoms with Crippen molar-refractivity contribution < 1.29 is 9.53 Å². The minimum absolute atomic E-state index is 0.113. The Balaban J connectivity index is 2.46. The van der Waals surface area contributed by atoms with Gasteiger partial charge in [0, 0.05) is 18.2 Å². The summed E-state index contributed by atoms with van der Waals surface area (Å²) in [5.74, 6) is 0.786. The Kier molecular flexibility index (Phi) is 3.46. The van der Waals surface area contributed by atoms with Gasteiger partial charge < -0.3 is 9.30 Å². The van der Waals surface area contributed by atoms with Crippen molar-refractivity contribution in [2.24, 2.45) is 0 Å². The maximum absolute atomic E-state index is 11.7. The van der Waals surface area contributed by atoms with E-state index in [1.807, 2.05) is 36.7 Å². The SMILES string of the molecule is CCC(=O)c1ccc(-n2cnc(C)c2)c(OC)c1. The summed E-state index contributed by atoms with van der Waals surface area (Å²) in [6.45, 7) is 3.78. The van der Waals surface area contributed by atoms with Crippen molar-refractivity contribution in [2.45, 2.75) is 20.3 Å². The first-order valence-electron chi connectivity index (χ1n) is 5.88. The number of benzene rings is 1. The third-order valence-electron chi connectivity index (χ3n) is 2.81. The molecule has 4 heteroatoms. The van der Waals surface area contributed by atoms with Gasteiger partial charge in [-0.3, -0.25) is 4.79 Å². The Bertz CT molecular complexity index is 573. The molecule has 0 fully saturated rings. The number of aryl methyl sites for hydroxylation is 1. The molecule has 0 N–H and O–H groups in total. The first-order valence-corrected chi connectivity index (χ1v) is 5.88. The monoisotopic (exact) mass is 244 g/mol. The predicted octanol–water partition coefficient (Wildman–Crippen LogP) is 2.78. The van der Waals surface area contributed by atoms with Gasteiger partial charge in [-0.05, 0) is 25.1 Å². The van der Waals surface area contributed by atoms with Gasteiger partial charge in [-0.15, -0.1) is 0 Å². The Hall–Kier alpha value is -2.10. The van der Waals surface area contributed by atoms with Crippen LogP contribution in [-0.2, 0) is 0 Å². The highest BCUT2D eigenvalue weighted by Gasteiger charge is 2.10. The fraction of sp³-hybridized carbons (Fsp3) is 0.286. The normalized spacial score (nSPS) is 10.4.